The standard InChI is InChI=1S/C17H25N5OS/c1-12-18-19-15(24-12)11-21-9-5-6-13(21)10-22-16(23)8-7-14(20-22)17(2,3)4/h7-8,13H,5-6,9-11H2,1-4H3. The SMILES string of the molecule is Cc1nnc(CN2CCCC2Cn2nc(C(C)(C)C)ccc2=O)s1. The van der Waals surface area contributed by atoms with Crippen LogP contribution in [0.15, 0.2) is 16.9 Å². The van der Waals surface area contributed by atoms with Crippen LogP contribution in [-0.4, -0.2) is 37.5 Å². The van der Waals surface area contributed by atoms with E-state index >= 15 is 0 Å². The lowest BCUT2D eigenvalue weighted by atomic mass is 9.92. The van der Waals surface area contributed by atoms with Gasteiger partial charge in [-0.05, 0) is 32.4 Å². The van der Waals surface area contributed by atoms with E-state index in [0.29, 0.717) is 12.6 Å². The van der Waals surface area contributed by atoms with Crippen molar-refractivity contribution >= 4 is 11.3 Å². The predicted molar refractivity (Wildman–Crippen MR) is 95.3 cm³/mol. The van der Waals surface area contributed by atoms with E-state index in [9.17, 15) is 4.79 Å². The van der Waals surface area contributed by atoms with Crippen LogP contribution < -0.4 is 5.56 Å². The van der Waals surface area contributed by atoms with Crippen molar-refractivity contribution in [1.29, 1.82) is 0 Å². The third-order valence-corrected chi connectivity index (χ3v) is 5.25. The lowest BCUT2D eigenvalue weighted by molar-refractivity contribution is 0.215. The number of nitrogens with zero attached hydrogens (tertiary/aromatic N) is 5. The van der Waals surface area contributed by atoms with Gasteiger partial charge in [-0.25, -0.2) is 4.68 Å². The Morgan fingerprint density at radius 3 is 2.75 bits per heavy atom. The van der Waals surface area contributed by atoms with E-state index in [-0.39, 0.29) is 11.0 Å². The Kier molecular flexibility index (Phi) is 4.83. The number of aryl methyl sites for hydroxylation is 1. The molecule has 0 spiro atoms. The van der Waals surface area contributed by atoms with Crippen molar-refractivity contribution in [2.75, 3.05) is 6.54 Å². The molecule has 1 aliphatic rings. The largest absolute Gasteiger partial charge is 0.292 e. The van der Waals surface area contributed by atoms with Gasteiger partial charge in [0.25, 0.3) is 5.56 Å². The van der Waals surface area contributed by atoms with Crippen LogP contribution in [0.3, 0.4) is 0 Å². The summed E-state index contributed by atoms with van der Waals surface area (Å²) < 4.78 is 1.63. The first-order chi connectivity index (χ1) is 11.3. The Balaban J connectivity index is 1.76. The van der Waals surface area contributed by atoms with Crippen molar-refractivity contribution < 1.29 is 0 Å². The molecule has 1 aliphatic heterocycles. The smallest absolute Gasteiger partial charge is 0.266 e. The second kappa shape index (κ2) is 6.72. The van der Waals surface area contributed by atoms with Gasteiger partial charge in [-0.2, -0.15) is 5.10 Å². The highest BCUT2D eigenvalue weighted by Crippen LogP contribution is 2.23. The maximum Gasteiger partial charge on any atom is 0.266 e. The number of likely N-dealkylation sites (tertiary alicyclic amines) is 1. The van der Waals surface area contributed by atoms with Gasteiger partial charge in [0.05, 0.1) is 18.8 Å². The lowest BCUT2D eigenvalue weighted by Crippen LogP contribution is -2.37. The molecule has 2 aromatic heterocycles. The van der Waals surface area contributed by atoms with Crippen LogP contribution in [-0.2, 0) is 18.5 Å². The Morgan fingerprint density at radius 1 is 1.29 bits per heavy atom. The molecule has 0 aromatic carbocycles. The van der Waals surface area contributed by atoms with Crippen molar-refractivity contribution in [3.8, 4) is 0 Å². The van der Waals surface area contributed by atoms with Crippen molar-refractivity contribution in [3.63, 3.8) is 0 Å². The molecule has 0 aliphatic carbocycles. The second-order valence-corrected chi connectivity index (χ2v) is 8.74. The molecule has 0 bridgehead atoms. The maximum atomic E-state index is 12.2. The Hall–Kier alpha value is -1.60. The number of rotatable bonds is 4. The van der Waals surface area contributed by atoms with Gasteiger partial charge in [0.2, 0.25) is 0 Å². The highest BCUT2D eigenvalue weighted by atomic mass is 32.1. The van der Waals surface area contributed by atoms with Crippen LogP contribution in [0.2, 0.25) is 0 Å². The number of aromatic nitrogens is 4. The summed E-state index contributed by atoms with van der Waals surface area (Å²) in [5.74, 6) is 0. The quantitative estimate of drug-likeness (QED) is 0.849. The molecule has 1 atom stereocenters. The number of hydrogen-bond acceptors (Lipinski definition) is 6. The minimum atomic E-state index is -0.0606. The molecule has 0 saturated carbocycles. The molecule has 0 N–H and O–H groups in total. The molecule has 6 nitrogen and oxygen atoms in total. The first-order valence-electron chi connectivity index (χ1n) is 8.44. The molecule has 0 amide bonds. The molecule has 1 unspecified atom stereocenters. The molecular formula is C17H25N5OS. The van der Waals surface area contributed by atoms with Gasteiger partial charge in [0.1, 0.15) is 10.0 Å². The van der Waals surface area contributed by atoms with E-state index in [2.05, 4.69) is 41.0 Å². The van der Waals surface area contributed by atoms with Gasteiger partial charge in [-0.15, -0.1) is 21.5 Å². The van der Waals surface area contributed by atoms with E-state index < -0.39 is 0 Å². The molecule has 1 fully saturated rings. The topological polar surface area (TPSA) is 63.9 Å². The van der Waals surface area contributed by atoms with E-state index in [1.807, 2.05) is 13.0 Å². The van der Waals surface area contributed by atoms with E-state index in [4.69, 9.17) is 0 Å². The molecule has 24 heavy (non-hydrogen) atoms. The highest BCUT2D eigenvalue weighted by Gasteiger charge is 2.27. The second-order valence-electron chi connectivity index (χ2n) is 7.47. The molecule has 0 radical (unpaired) electrons. The van der Waals surface area contributed by atoms with Gasteiger partial charge < -0.3 is 0 Å². The molecule has 130 valence electrons. The summed E-state index contributed by atoms with van der Waals surface area (Å²) >= 11 is 1.64. The van der Waals surface area contributed by atoms with Crippen LogP contribution >= 0.6 is 11.3 Å². The molecular weight excluding hydrogens is 322 g/mol. The molecule has 2 aromatic rings. The average molecular weight is 347 g/mol. The first-order valence-corrected chi connectivity index (χ1v) is 9.26. The minimum Gasteiger partial charge on any atom is -0.292 e. The van der Waals surface area contributed by atoms with Gasteiger partial charge in [0, 0.05) is 17.5 Å². The van der Waals surface area contributed by atoms with Crippen molar-refractivity contribution in [2.24, 2.45) is 0 Å². The zero-order valence-corrected chi connectivity index (χ0v) is 15.6. The Bertz CT molecular complexity index is 761. The summed E-state index contributed by atoms with van der Waals surface area (Å²) in [7, 11) is 0. The normalized spacial score (nSPS) is 19.1. The van der Waals surface area contributed by atoms with Gasteiger partial charge >= 0.3 is 0 Å². The fourth-order valence-electron chi connectivity index (χ4n) is 3.06. The fourth-order valence-corrected chi connectivity index (χ4v) is 3.80. The minimum absolute atomic E-state index is 0.0263. The Labute approximate surface area is 146 Å². The predicted octanol–water partition coefficient (Wildman–Crippen LogP) is 2.37. The van der Waals surface area contributed by atoms with Crippen molar-refractivity contribution in [3.05, 3.63) is 38.2 Å². The monoisotopic (exact) mass is 347 g/mol. The summed E-state index contributed by atoms with van der Waals surface area (Å²) in [5.41, 5.74) is 0.863. The zero-order valence-electron chi connectivity index (χ0n) is 14.8. The molecule has 7 heteroatoms. The van der Waals surface area contributed by atoms with Crippen LogP contribution in [0.1, 0.15) is 49.3 Å². The number of hydrogen-bond donors (Lipinski definition) is 0. The summed E-state index contributed by atoms with van der Waals surface area (Å²) in [6.07, 6.45) is 2.24. The Morgan fingerprint density at radius 2 is 2.08 bits per heavy atom. The van der Waals surface area contributed by atoms with E-state index in [1.165, 1.54) is 0 Å². The van der Waals surface area contributed by atoms with Crippen molar-refractivity contribution in [1.82, 2.24) is 24.9 Å². The van der Waals surface area contributed by atoms with E-state index in [1.54, 1.807) is 22.1 Å². The molecule has 3 heterocycles. The van der Waals surface area contributed by atoms with Crippen LogP contribution in [0.5, 0.6) is 0 Å². The first kappa shape index (κ1) is 17.2. The summed E-state index contributed by atoms with van der Waals surface area (Å²) in [6, 6.07) is 3.81. The lowest BCUT2D eigenvalue weighted by Gasteiger charge is -2.24. The van der Waals surface area contributed by atoms with Gasteiger partial charge in [-0.3, -0.25) is 9.69 Å². The van der Waals surface area contributed by atoms with Gasteiger partial charge in [0.15, 0.2) is 0 Å². The molecule has 3 rings (SSSR count). The highest BCUT2D eigenvalue weighted by molar-refractivity contribution is 7.11. The van der Waals surface area contributed by atoms with Gasteiger partial charge in [-0.1, -0.05) is 20.8 Å². The fraction of sp³-hybridized carbons (Fsp3) is 0.647. The average Bonchev–Trinajstić information content (AvgIpc) is 3.10. The summed E-state index contributed by atoms with van der Waals surface area (Å²) in [6.45, 7) is 10.8. The van der Waals surface area contributed by atoms with Crippen LogP contribution in [0.25, 0.3) is 0 Å². The molecule has 1 saturated heterocycles. The third-order valence-electron chi connectivity index (χ3n) is 4.42. The maximum absolute atomic E-state index is 12.2. The van der Waals surface area contributed by atoms with Crippen molar-refractivity contribution in [2.45, 2.75) is 65.1 Å². The van der Waals surface area contributed by atoms with Crippen LogP contribution in [0.4, 0.5) is 0 Å². The van der Waals surface area contributed by atoms with Crippen LogP contribution in [0, 0.1) is 6.92 Å². The summed E-state index contributed by atoms with van der Waals surface area (Å²) in [5, 5.41) is 15.0. The third kappa shape index (κ3) is 3.89. The summed E-state index contributed by atoms with van der Waals surface area (Å²) in [4.78, 5) is 14.6. The zero-order chi connectivity index (χ0) is 17.3. The van der Waals surface area contributed by atoms with E-state index in [0.717, 1.165) is 41.6 Å².